The van der Waals surface area contributed by atoms with Gasteiger partial charge in [0.25, 0.3) is 5.91 Å². The standard InChI is InChI=1S/C20H24FN7O/c1-28-17-11(10-24-28)5-4-8-16(17)26-19-12(18(23)29)9-13(21)20(27-19)25-15-7-3-2-6-14(15)22/h4-5,8-10,14-15H,2-3,6-7,22H2,1H3,(H2,23,29)(H2,25,26,27)/t14-,15+/m0/s1. The van der Waals surface area contributed by atoms with E-state index in [1.807, 2.05) is 25.2 Å². The van der Waals surface area contributed by atoms with Gasteiger partial charge in [-0.15, -0.1) is 0 Å². The number of hydrogen-bond donors (Lipinski definition) is 4. The molecule has 8 nitrogen and oxygen atoms in total. The van der Waals surface area contributed by atoms with E-state index < -0.39 is 11.7 Å². The van der Waals surface area contributed by atoms with Crippen LogP contribution in [-0.4, -0.2) is 32.8 Å². The Bertz CT molecular complexity index is 1060. The lowest BCUT2D eigenvalue weighted by Gasteiger charge is -2.30. The van der Waals surface area contributed by atoms with Gasteiger partial charge >= 0.3 is 0 Å². The van der Waals surface area contributed by atoms with E-state index >= 15 is 0 Å². The van der Waals surface area contributed by atoms with Crippen molar-refractivity contribution in [1.82, 2.24) is 14.8 Å². The number of aryl methyl sites for hydroxylation is 1. The number of aromatic nitrogens is 3. The molecule has 0 radical (unpaired) electrons. The second-order valence-electron chi connectivity index (χ2n) is 7.41. The Labute approximate surface area is 167 Å². The number of anilines is 3. The molecule has 1 saturated carbocycles. The van der Waals surface area contributed by atoms with Crippen LogP contribution in [0, 0.1) is 5.82 Å². The van der Waals surface area contributed by atoms with Gasteiger partial charge in [-0.25, -0.2) is 9.37 Å². The topological polar surface area (TPSA) is 124 Å². The van der Waals surface area contributed by atoms with Gasteiger partial charge in [-0.2, -0.15) is 5.10 Å². The first kappa shape index (κ1) is 19.1. The summed E-state index contributed by atoms with van der Waals surface area (Å²) in [6, 6.07) is 6.60. The molecule has 6 N–H and O–H groups in total. The number of nitrogens with one attached hydrogen (secondary N) is 2. The molecule has 0 unspecified atom stereocenters. The first-order valence-electron chi connectivity index (χ1n) is 9.64. The largest absolute Gasteiger partial charge is 0.365 e. The number of fused-ring (bicyclic) bond motifs is 1. The smallest absolute Gasteiger partial charge is 0.252 e. The van der Waals surface area contributed by atoms with E-state index in [9.17, 15) is 9.18 Å². The van der Waals surface area contributed by atoms with Crippen LogP contribution in [0.3, 0.4) is 0 Å². The molecule has 1 aromatic carbocycles. The van der Waals surface area contributed by atoms with Crippen LogP contribution in [0.25, 0.3) is 10.9 Å². The molecule has 0 saturated heterocycles. The van der Waals surface area contributed by atoms with E-state index in [0.717, 1.165) is 42.7 Å². The van der Waals surface area contributed by atoms with E-state index in [-0.39, 0.29) is 29.3 Å². The average molecular weight is 397 g/mol. The van der Waals surface area contributed by atoms with Crippen LogP contribution >= 0.6 is 0 Å². The van der Waals surface area contributed by atoms with Crippen molar-refractivity contribution in [1.29, 1.82) is 0 Å². The molecule has 1 aliphatic rings. The van der Waals surface area contributed by atoms with Crippen molar-refractivity contribution in [3.05, 3.63) is 41.8 Å². The highest BCUT2D eigenvalue weighted by Crippen LogP contribution is 2.29. The lowest BCUT2D eigenvalue weighted by molar-refractivity contribution is 0.100. The van der Waals surface area contributed by atoms with Crippen LogP contribution in [0.4, 0.5) is 21.7 Å². The second kappa shape index (κ2) is 7.67. The summed E-state index contributed by atoms with van der Waals surface area (Å²) >= 11 is 0. The Balaban J connectivity index is 1.72. The van der Waals surface area contributed by atoms with Gasteiger partial charge in [0.2, 0.25) is 0 Å². The Kier molecular flexibility index (Phi) is 5.06. The van der Waals surface area contributed by atoms with E-state index in [4.69, 9.17) is 11.5 Å². The predicted molar refractivity (Wildman–Crippen MR) is 111 cm³/mol. The minimum Gasteiger partial charge on any atom is -0.365 e. The number of benzene rings is 1. The van der Waals surface area contributed by atoms with E-state index in [2.05, 4.69) is 20.7 Å². The fraction of sp³-hybridized carbons (Fsp3) is 0.350. The summed E-state index contributed by atoms with van der Waals surface area (Å²) in [5.74, 6) is -1.17. The molecule has 2 heterocycles. The lowest BCUT2D eigenvalue weighted by Crippen LogP contribution is -2.43. The first-order valence-corrected chi connectivity index (χ1v) is 9.64. The van der Waals surface area contributed by atoms with Gasteiger partial charge in [-0.05, 0) is 25.0 Å². The van der Waals surface area contributed by atoms with Crippen LogP contribution in [0.5, 0.6) is 0 Å². The molecule has 0 spiro atoms. The first-order chi connectivity index (χ1) is 13.9. The van der Waals surface area contributed by atoms with Crippen LogP contribution in [0.15, 0.2) is 30.5 Å². The van der Waals surface area contributed by atoms with E-state index in [0.29, 0.717) is 5.69 Å². The molecule has 2 aromatic heterocycles. The molecule has 1 aliphatic carbocycles. The number of carbonyl (C=O) groups excluding carboxylic acids is 1. The van der Waals surface area contributed by atoms with E-state index in [1.54, 1.807) is 10.9 Å². The number of halogens is 1. The summed E-state index contributed by atoms with van der Waals surface area (Å²) in [5, 5.41) is 11.4. The van der Waals surface area contributed by atoms with Crippen molar-refractivity contribution >= 4 is 34.1 Å². The van der Waals surface area contributed by atoms with Crippen LogP contribution in [0.2, 0.25) is 0 Å². The molecule has 0 bridgehead atoms. The monoisotopic (exact) mass is 397 g/mol. The van der Waals surface area contributed by atoms with Crippen molar-refractivity contribution in [3.63, 3.8) is 0 Å². The number of nitrogens with zero attached hydrogens (tertiary/aromatic N) is 3. The maximum atomic E-state index is 14.7. The van der Waals surface area contributed by atoms with Crippen molar-refractivity contribution in [3.8, 4) is 0 Å². The van der Waals surface area contributed by atoms with Gasteiger partial charge in [0.15, 0.2) is 11.6 Å². The predicted octanol–water partition coefficient (Wildman–Crippen LogP) is 2.63. The SMILES string of the molecule is Cn1ncc2cccc(Nc3nc(N[C@@H]4CCCC[C@@H]4N)c(F)cc3C(N)=O)c21. The molecule has 1 amide bonds. The summed E-state index contributed by atoms with van der Waals surface area (Å²) in [7, 11) is 1.82. The maximum Gasteiger partial charge on any atom is 0.252 e. The number of para-hydroxylation sites is 1. The summed E-state index contributed by atoms with van der Waals surface area (Å²) in [6.45, 7) is 0. The summed E-state index contributed by atoms with van der Waals surface area (Å²) in [5.41, 5.74) is 13.1. The zero-order valence-corrected chi connectivity index (χ0v) is 16.2. The van der Waals surface area contributed by atoms with Crippen LogP contribution in [-0.2, 0) is 7.05 Å². The Morgan fingerprint density at radius 1 is 1.28 bits per heavy atom. The van der Waals surface area contributed by atoms with Gasteiger partial charge in [0, 0.05) is 24.5 Å². The third-order valence-corrected chi connectivity index (χ3v) is 5.40. The number of primary amides is 1. The molecule has 29 heavy (non-hydrogen) atoms. The van der Waals surface area contributed by atoms with Crippen molar-refractivity contribution < 1.29 is 9.18 Å². The van der Waals surface area contributed by atoms with Crippen LogP contribution in [0.1, 0.15) is 36.0 Å². The normalized spacial score (nSPS) is 19.3. The molecular formula is C20H24FN7O. The Morgan fingerprint density at radius 3 is 2.83 bits per heavy atom. The molecule has 0 aliphatic heterocycles. The van der Waals surface area contributed by atoms with Crippen molar-refractivity contribution in [2.45, 2.75) is 37.8 Å². The fourth-order valence-corrected chi connectivity index (χ4v) is 3.85. The number of carbonyl (C=O) groups is 1. The number of pyridine rings is 1. The number of nitrogens with two attached hydrogens (primary N) is 2. The van der Waals surface area contributed by atoms with Gasteiger partial charge in [-0.3, -0.25) is 9.48 Å². The Morgan fingerprint density at radius 2 is 2.07 bits per heavy atom. The van der Waals surface area contributed by atoms with Gasteiger partial charge in [-0.1, -0.05) is 25.0 Å². The van der Waals surface area contributed by atoms with E-state index in [1.165, 1.54) is 0 Å². The molecule has 1 fully saturated rings. The number of rotatable bonds is 5. The van der Waals surface area contributed by atoms with Gasteiger partial charge < -0.3 is 22.1 Å². The molecule has 3 aromatic rings. The summed E-state index contributed by atoms with van der Waals surface area (Å²) in [6.07, 6.45) is 5.56. The zero-order valence-electron chi connectivity index (χ0n) is 16.2. The highest BCUT2D eigenvalue weighted by molar-refractivity contribution is 6.00. The maximum absolute atomic E-state index is 14.7. The third-order valence-electron chi connectivity index (χ3n) is 5.40. The van der Waals surface area contributed by atoms with Crippen molar-refractivity contribution in [2.75, 3.05) is 10.6 Å². The molecule has 2 atom stereocenters. The minimum atomic E-state index is -0.767. The number of amides is 1. The fourth-order valence-electron chi connectivity index (χ4n) is 3.85. The van der Waals surface area contributed by atoms with Gasteiger partial charge in [0.1, 0.15) is 5.82 Å². The van der Waals surface area contributed by atoms with Gasteiger partial charge in [0.05, 0.1) is 23.0 Å². The quantitative estimate of drug-likeness (QED) is 0.525. The molecule has 152 valence electrons. The van der Waals surface area contributed by atoms with Crippen LogP contribution < -0.4 is 22.1 Å². The number of hydrogen-bond acceptors (Lipinski definition) is 6. The summed E-state index contributed by atoms with van der Waals surface area (Å²) in [4.78, 5) is 16.3. The zero-order chi connectivity index (χ0) is 20.5. The Hall–Kier alpha value is -3.20. The third kappa shape index (κ3) is 3.73. The molecular weight excluding hydrogens is 373 g/mol. The molecule has 4 rings (SSSR count). The average Bonchev–Trinajstić information content (AvgIpc) is 3.07. The lowest BCUT2D eigenvalue weighted by atomic mass is 9.91. The van der Waals surface area contributed by atoms with Crippen molar-refractivity contribution in [2.24, 2.45) is 18.5 Å². The highest BCUT2D eigenvalue weighted by Gasteiger charge is 2.24. The minimum absolute atomic E-state index is 0.0276. The highest BCUT2D eigenvalue weighted by atomic mass is 19.1. The molecule has 9 heteroatoms. The summed E-state index contributed by atoms with van der Waals surface area (Å²) < 4.78 is 16.4. The second-order valence-corrected chi connectivity index (χ2v) is 7.41.